The molecule has 1 aliphatic rings. The van der Waals surface area contributed by atoms with Gasteiger partial charge in [0, 0.05) is 29.6 Å². The van der Waals surface area contributed by atoms with Gasteiger partial charge in [0.15, 0.2) is 0 Å². The maximum Gasteiger partial charge on any atom is 0.0572 e. The lowest BCUT2D eigenvalue weighted by molar-refractivity contribution is 0.683. The molecule has 2 aromatic heterocycles. The topological polar surface area (TPSA) is 46.5 Å². The Kier molecular flexibility index (Phi) is 1.50. The molecule has 2 heterocycles. The average Bonchev–Trinajstić information content (AvgIpc) is 2.72. The maximum absolute atomic E-state index is 4.29. The highest BCUT2D eigenvalue weighted by Gasteiger charge is 2.18. The number of aromatic nitrogens is 4. The van der Waals surface area contributed by atoms with Crippen LogP contribution in [0.2, 0.25) is 0 Å². The van der Waals surface area contributed by atoms with Gasteiger partial charge in [-0.1, -0.05) is 0 Å². The zero-order valence-corrected chi connectivity index (χ0v) is 8.12. The van der Waals surface area contributed by atoms with Gasteiger partial charge >= 0.3 is 0 Å². The van der Waals surface area contributed by atoms with E-state index < -0.39 is 0 Å². The predicted octanol–water partition coefficient (Wildman–Crippen LogP) is 1.30. The second-order valence-corrected chi connectivity index (χ2v) is 3.74. The van der Waals surface area contributed by atoms with E-state index in [1.54, 1.807) is 0 Å². The summed E-state index contributed by atoms with van der Waals surface area (Å²) in [6.45, 7) is 0. The third-order valence-corrected chi connectivity index (χ3v) is 2.91. The summed E-state index contributed by atoms with van der Waals surface area (Å²) in [5.41, 5.74) is 5.04. The third kappa shape index (κ3) is 0.937. The molecule has 72 valence electrons. The molecule has 0 fully saturated rings. The number of hydrogen-bond acceptors (Lipinski definition) is 2. The fraction of sp³-hybridized carbons (Fsp3) is 0.400. The third-order valence-electron chi connectivity index (χ3n) is 2.91. The molecule has 14 heavy (non-hydrogen) atoms. The Morgan fingerprint density at radius 2 is 2.21 bits per heavy atom. The molecule has 0 radical (unpaired) electrons. The highest BCUT2D eigenvalue weighted by Crippen LogP contribution is 2.30. The van der Waals surface area contributed by atoms with Crippen molar-refractivity contribution in [1.82, 2.24) is 20.0 Å². The van der Waals surface area contributed by atoms with Gasteiger partial charge in [0.2, 0.25) is 0 Å². The standard InChI is InChI=1S/C10H12N4/c1-14-10-4-2-3-9-7(5-11-13-9)8(10)6-12-14/h5-6H,2-4H2,1H3,(H,11,13). The Hall–Kier alpha value is -1.58. The van der Waals surface area contributed by atoms with Gasteiger partial charge in [-0.15, -0.1) is 0 Å². The van der Waals surface area contributed by atoms with Gasteiger partial charge in [-0.25, -0.2) is 0 Å². The van der Waals surface area contributed by atoms with Crippen LogP contribution in [-0.4, -0.2) is 20.0 Å². The van der Waals surface area contributed by atoms with Crippen molar-refractivity contribution in [3.8, 4) is 11.1 Å². The Bertz CT molecular complexity index is 466. The minimum Gasteiger partial charge on any atom is -0.282 e. The number of nitrogens with zero attached hydrogens (tertiary/aromatic N) is 3. The van der Waals surface area contributed by atoms with E-state index >= 15 is 0 Å². The highest BCUT2D eigenvalue weighted by molar-refractivity contribution is 5.67. The van der Waals surface area contributed by atoms with Gasteiger partial charge in [-0.3, -0.25) is 9.78 Å². The molecule has 4 nitrogen and oxygen atoms in total. The molecular formula is C10H12N4. The van der Waals surface area contributed by atoms with E-state index in [0.29, 0.717) is 0 Å². The van der Waals surface area contributed by atoms with Crippen LogP contribution in [0.4, 0.5) is 0 Å². The van der Waals surface area contributed by atoms with E-state index in [1.165, 1.54) is 28.9 Å². The van der Waals surface area contributed by atoms with Gasteiger partial charge in [0.05, 0.1) is 12.4 Å². The summed E-state index contributed by atoms with van der Waals surface area (Å²) in [5.74, 6) is 0. The zero-order valence-electron chi connectivity index (χ0n) is 8.12. The van der Waals surface area contributed by atoms with Crippen LogP contribution in [0.1, 0.15) is 17.8 Å². The summed E-state index contributed by atoms with van der Waals surface area (Å²) >= 11 is 0. The second-order valence-electron chi connectivity index (χ2n) is 3.74. The fourth-order valence-electron chi connectivity index (χ4n) is 2.15. The molecule has 0 saturated carbocycles. The molecule has 0 bridgehead atoms. The van der Waals surface area contributed by atoms with Gasteiger partial charge in [0.1, 0.15) is 0 Å². The maximum atomic E-state index is 4.29. The number of hydrogen-bond donors (Lipinski definition) is 1. The quantitative estimate of drug-likeness (QED) is 0.677. The van der Waals surface area contributed by atoms with E-state index in [1.807, 2.05) is 24.1 Å². The van der Waals surface area contributed by atoms with Crippen molar-refractivity contribution in [2.24, 2.45) is 7.05 Å². The lowest BCUT2D eigenvalue weighted by Gasteiger charge is -1.99. The first-order chi connectivity index (χ1) is 6.86. The van der Waals surface area contributed by atoms with Crippen LogP contribution >= 0.6 is 0 Å². The Balaban J connectivity index is 2.27. The van der Waals surface area contributed by atoms with Crippen LogP contribution < -0.4 is 0 Å². The van der Waals surface area contributed by atoms with Gasteiger partial charge in [0.25, 0.3) is 0 Å². The molecule has 0 amide bonds. The predicted molar refractivity (Wildman–Crippen MR) is 52.8 cm³/mol. The minimum atomic E-state index is 1.09. The molecule has 4 heteroatoms. The molecule has 0 saturated heterocycles. The van der Waals surface area contributed by atoms with Crippen molar-refractivity contribution in [3.05, 3.63) is 23.8 Å². The molecular weight excluding hydrogens is 176 g/mol. The Morgan fingerprint density at radius 1 is 1.29 bits per heavy atom. The van der Waals surface area contributed by atoms with Crippen LogP contribution in [0.3, 0.4) is 0 Å². The van der Waals surface area contributed by atoms with E-state index in [9.17, 15) is 0 Å². The van der Waals surface area contributed by atoms with Crippen molar-refractivity contribution in [1.29, 1.82) is 0 Å². The van der Waals surface area contributed by atoms with Crippen LogP contribution in [-0.2, 0) is 19.9 Å². The summed E-state index contributed by atoms with van der Waals surface area (Å²) in [6, 6.07) is 0. The lowest BCUT2D eigenvalue weighted by atomic mass is 10.1. The summed E-state index contributed by atoms with van der Waals surface area (Å²) < 4.78 is 1.97. The number of aromatic amines is 1. The molecule has 0 atom stereocenters. The van der Waals surface area contributed by atoms with Gasteiger partial charge in [-0.2, -0.15) is 10.2 Å². The van der Waals surface area contributed by atoms with Crippen LogP contribution in [0.5, 0.6) is 0 Å². The zero-order chi connectivity index (χ0) is 9.54. The van der Waals surface area contributed by atoms with E-state index in [4.69, 9.17) is 0 Å². The fourth-order valence-corrected chi connectivity index (χ4v) is 2.15. The number of fused-ring (bicyclic) bond motifs is 3. The molecule has 0 aromatic carbocycles. The minimum absolute atomic E-state index is 1.09. The molecule has 1 N–H and O–H groups in total. The molecule has 2 aromatic rings. The highest BCUT2D eigenvalue weighted by atomic mass is 15.3. The summed E-state index contributed by atoms with van der Waals surface area (Å²) in [7, 11) is 2.00. The summed E-state index contributed by atoms with van der Waals surface area (Å²) in [5, 5.41) is 11.4. The largest absolute Gasteiger partial charge is 0.282 e. The monoisotopic (exact) mass is 188 g/mol. The van der Waals surface area contributed by atoms with Crippen molar-refractivity contribution < 1.29 is 0 Å². The van der Waals surface area contributed by atoms with Crippen molar-refractivity contribution in [2.75, 3.05) is 0 Å². The molecule has 3 rings (SSSR count). The number of aryl methyl sites for hydroxylation is 2. The van der Waals surface area contributed by atoms with Crippen molar-refractivity contribution in [2.45, 2.75) is 19.3 Å². The van der Waals surface area contributed by atoms with Crippen molar-refractivity contribution >= 4 is 0 Å². The molecule has 0 aliphatic heterocycles. The number of nitrogens with one attached hydrogen (secondary N) is 1. The first-order valence-corrected chi connectivity index (χ1v) is 4.90. The average molecular weight is 188 g/mol. The Morgan fingerprint density at radius 3 is 3.14 bits per heavy atom. The normalized spacial score (nSPS) is 14.6. The smallest absolute Gasteiger partial charge is 0.0572 e. The van der Waals surface area contributed by atoms with Crippen LogP contribution in [0.15, 0.2) is 12.4 Å². The summed E-state index contributed by atoms with van der Waals surface area (Å²) in [6.07, 6.45) is 7.20. The number of rotatable bonds is 0. The van der Waals surface area contributed by atoms with Crippen LogP contribution in [0.25, 0.3) is 11.1 Å². The first-order valence-electron chi connectivity index (χ1n) is 4.90. The van der Waals surface area contributed by atoms with Crippen molar-refractivity contribution in [3.63, 3.8) is 0 Å². The molecule has 0 unspecified atom stereocenters. The second kappa shape index (κ2) is 2.70. The van der Waals surface area contributed by atoms with Gasteiger partial charge in [-0.05, 0) is 19.3 Å². The SMILES string of the molecule is Cn1ncc2c1CCCc1[nH]ncc1-2. The molecule has 0 spiro atoms. The van der Waals surface area contributed by atoms with Crippen LogP contribution in [0, 0.1) is 0 Å². The lowest BCUT2D eigenvalue weighted by Crippen LogP contribution is -1.98. The van der Waals surface area contributed by atoms with E-state index in [-0.39, 0.29) is 0 Å². The van der Waals surface area contributed by atoms with E-state index in [0.717, 1.165) is 12.8 Å². The Labute approximate surface area is 81.9 Å². The summed E-state index contributed by atoms with van der Waals surface area (Å²) in [4.78, 5) is 0. The first kappa shape index (κ1) is 7.79. The van der Waals surface area contributed by atoms with E-state index in [2.05, 4.69) is 15.3 Å². The number of H-pyrrole nitrogens is 1. The molecule has 1 aliphatic carbocycles. The van der Waals surface area contributed by atoms with Gasteiger partial charge < -0.3 is 0 Å².